The van der Waals surface area contributed by atoms with E-state index in [-0.39, 0.29) is 0 Å². The van der Waals surface area contributed by atoms with Gasteiger partial charge in [-0.25, -0.2) is 0 Å². The van der Waals surface area contributed by atoms with Crippen LogP contribution in [0.15, 0.2) is 0 Å². The molecule has 2 saturated heterocycles. The van der Waals surface area contributed by atoms with Gasteiger partial charge in [-0.3, -0.25) is 0 Å². The lowest BCUT2D eigenvalue weighted by molar-refractivity contribution is 0.108. The number of piperidine rings is 1. The van der Waals surface area contributed by atoms with Crippen LogP contribution in [0.25, 0.3) is 0 Å². The largest absolute Gasteiger partial charge is 0.316 e. The molecule has 1 N–H and O–H groups in total. The number of hydrogen-bond donors (Lipinski definition) is 1. The SMILES string of the molecule is CCC1(CN2CCSC(C)(C)C2)CCCNC1. The third-order valence-electron chi connectivity index (χ3n) is 4.37. The van der Waals surface area contributed by atoms with Crippen molar-refractivity contribution in [2.45, 2.75) is 44.8 Å². The van der Waals surface area contributed by atoms with Crippen LogP contribution in [-0.4, -0.2) is 48.1 Å². The maximum atomic E-state index is 3.61. The topological polar surface area (TPSA) is 15.3 Å². The quantitative estimate of drug-likeness (QED) is 0.835. The van der Waals surface area contributed by atoms with Crippen LogP contribution < -0.4 is 5.32 Å². The maximum Gasteiger partial charge on any atom is 0.0231 e. The lowest BCUT2D eigenvalue weighted by Gasteiger charge is -2.45. The summed E-state index contributed by atoms with van der Waals surface area (Å²) < 4.78 is 0.454. The Morgan fingerprint density at radius 2 is 2.18 bits per heavy atom. The Kier molecular flexibility index (Phi) is 4.43. The molecule has 1 unspecified atom stereocenters. The van der Waals surface area contributed by atoms with Gasteiger partial charge in [-0.2, -0.15) is 11.8 Å². The van der Waals surface area contributed by atoms with Gasteiger partial charge >= 0.3 is 0 Å². The van der Waals surface area contributed by atoms with E-state index in [4.69, 9.17) is 0 Å². The molecule has 0 saturated carbocycles. The van der Waals surface area contributed by atoms with Crippen molar-refractivity contribution in [3.63, 3.8) is 0 Å². The molecule has 3 heteroatoms. The van der Waals surface area contributed by atoms with Gasteiger partial charge in [0, 0.05) is 36.7 Å². The maximum absolute atomic E-state index is 3.61. The molecule has 0 aromatic carbocycles. The number of hydrogen-bond acceptors (Lipinski definition) is 3. The number of rotatable bonds is 3. The summed E-state index contributed by atoms with van der Waals surface area (Å²) in [5.74, 6) is 1.31. The van der Waals surface area contributed by atoms with Crippen LogP contribution in [0.3, 0.4) is 0 Å². The fourth-order valence-corrected chi connectivity index (χ4v) is 4.48. The minimum Gasteiger partial charge on any atom is -0.316 e. The predicted octanol–water partition coefficient (Wildman–Crippen LogP) is 2.59. The summed E-state index contributed by atoms with van der Waals surface area (Å²) in [7, 11) is 0. The molecule has 0 spiro atoms. The van der Waals surface area contributed by atoms with Gasteiger partial charge in [0.2, 0.25) is 0 Å². The summed E-state index contributed by atoms with van der Waals surface area (Å²) in [6, 6.07) is 0. The van der Waals surface area contributed by atoms with E-state index in [1.807, 2.05) is 0 Å². The molecule has 0 aromatic rings. The molecule has 0 radical (unpaired) electrons. The van der Waals surface area contributed by atoms with Crippen molar-refractivity contribution in [1.29, 1.82) is 0 Å². The van der Waals surface area contributed by atoms with Gasteiger partial charge in [0.25, 0.3) is 0 Å². The standard InChI is InChI=1S/C14H28N2S/c1-4-14(6-5-7-15-10-14)12-16-8-9-17-13(2,3)11-16/h15H,4-12H2,1-3H3. The molecule has 0 amide bonds. The van der Waals surface area contributed by atoms with Crippen molar-refractivity contribution in [2.24, 2.45) is 5.41 Å². The normalized spacial score (nSPS) is 34.8. The highest BCUT2D eigenvalue weighted by Gasteiger charge is 2.35. The number of nitrogens with zero attached hydrogens (tertiary/aromatic N) is 1. The lowest BCUT2D eigenvalue weighted by atomic mass is 9.77. The molecule has 0 bridgehead atoms. The molecule has 2 aliphatic rings. The molecule has 2 rings (SSSR count). The number of thioether (sulfide) groups is 1. The van der Waals surface area contributed by atoms with Crippen molar-refractivity contribution in [2.75, 3.05) is 38.5 Å². The van der Waals surface area contributed by atoms with Crippen molar-refractivity contribution in [3.8, 4) is 0 Å². The van der Waals surface area contributed by atoms with Crippen LogP contribution >= 0.6 is 11.8 Å². The van der Waals surface area contributed by atoms with E-state index in [1.165, 1.54) is 57.7 Å². The molecule has 0 aliphatic carbocycles. The molecule has 2 fully saturated rings. The minimum absolute atomic E-state index is 0.454. The van der Waals surface area contributed by atoms with Crippen molar-refractivity contribution in [1.82, 2.24) is 10.2 Å². The van der Waals surface area contributed by atoms with Crippen molar-refractivity contribution in [3.05, 3.63) is 0 Å². The van der Waals surface area contributed by atoms with Gasteiger partial charge in [0.05, 0.1) is 0 Å². The van der Waals surface area contributed by atoms with Crippen molar-refractivity contribution < 1.29 is 0 Å². The van der Waals surface area contributed by atoms with E-state index in [1.54, 1.807) is 0 Å². The minimum atomic E-state index is 0.454. The Bertz CT molecular complexity index is 247. The van der Waals surface area contributed by atoms with Crippen LogP contribution in [0.1, 0.15) is 40.0 Å². The highest BCUT2D eigenvalue weighted by Crippen LogP contribution is 2.35. The summed E-state index contributed by atoms with van der Waals surface area (Å²) in [4.78, 5) is 2.72. The lowest BCUT2D eigenvalue weighted by Crippen LogP contribution is -2.52. The van der Waals surface area contributed by atoms with Gasteiger partial charge < -0.3 is 10.2 Å². The Balaban J connectivity index is 1.93. The monoisotopic (exact) mass is 256 g/mol. The van der Waals surface area contributed by atoms with Gasteiger partial charge in [-0.05, 0) is 45.1 Å². The first-order valence-corrected chi connectivity index (χ1v) is 8.11. The first kappa shape index (κ1) is 13.7. The van der Waals surface area contributed by atoms with E-state index in [0.29, 0.717) is 10.2 Å². The van der Waals surface area contributed by atoms with Gasteiger partial charge in [-0.15, -0.1) is 0 Å². The molecule has 2 heterocycles. The Morgan fingerprint density at radius 3 is 2.76 bits per heavy atom. The van der Waals surface area contributed by atoms with E-state index in [0.717, 1.165) is 0 Å². The zero-order chi connectivity index (χ0) is 12.4. The average Bonchev–Trinajstić information content (AvgIpc) is 2.29. The molecular weight excluding hydrogens is 228 g/mol. The highest BCUT2D eigenvalue weighted by atomic mass is 32.2. The molecule has 0 aromatic heterocycles. The van der Waals surface area contributed by atoms with E-state index >= 15 is 0 Å². The molecule has 100 valence electrons. The number of nitrogens with one attached hydrogen (secondary N) is 1. The van der Waals surface area contributed by atoms with Crippen molar-refractivity contribution >= 4 is 11.8 Å². The molecule has 1 atom stereocenters. The third kappa shape index (κ3) is 3.62. The first-order chi connectivity index (χ1) is 8.05. The Labute approximate surface area is 111 Å². The van der Waals surface area contributed by atoms with E-state index in [9.17, 15) is 0 Å². The summed E-state index contributed by atoms with van der Waals surface area (Å²) in [6.45, 7) is 13.5. The fraction of sp³-hybridized carbons (Fsp3) is 1.00. The van der Waals surface area contributed by atoms with Gasteiger partial charge in [0.15, 0.2) is 0 Å². The second kappa shape index (κ2) is 5.50. The first-order valence-electron chi connectivity index (χ1n) is 7.12. The second-order valence-corrected chi connectivity index (χ2v) is 8.25. The zero-order valence-corrected chi connectivity index (χ0v) is 12.5. The molecule has 2 aliphatic heterocycles. The summed E-state index contributed by atoms with van der Waals surface area (Å²) >= 11 is 2.14. The van der Waals surface area contributed by atoms with Crippen LogP contribution in [0.2, 0.25) is 0 Å². The summed E-state index contributed by atoms with van der Waals surface area (Å²) in [5.41, 5.74) is 0.552. The second-order valence-electron chi connectivity index (χ2n) is 6.45. The Hall–Kier alpha value is 0.270. The van der Waals surface area contributed by atoms with Gasteiger partial charge in [0.1, 0.15) is 0 Å². The summed E-state index contributed by atoms with van der Waals surface area (Å²) in [5, 5.41) is 3.61. The average molecular weight is 256 g/mol. The molecular formula is C14H28N2S. The highest BCUT2D eigenvalue weighted by molar-refractivity contribution is 8.00. The summed E-state index contributed by atoms with van der Waals surface area (Å²) in [6.07, 6.45) is 4.10. The smallest absolute Gasteiger partial charge is 0.0231 e. The molecule has 2 nitrogen and oxygen atoms in total. The Morgan fingerprint density at radius 1 is 1.35 bits per heavy atom. The predicted molar refractivity (Wildman–Crippen MR) is 77.8 cm³/mol. The third-order valence-corrected chi connectivity index (χ3v) is 5.67. The molecule has 17 heavy (non-hydrogen) atoms. The van der Waals surface area contributed by atoms with Crippen LogP contribution in [-0.2, 0) is 0 Å². The van der Waals surface area contributed by atoms with E-state index < -0.39 is 0 Å². The van der Waals surface area contributed by atoms with E-state index in [2.05, 4.69) is 42.7 Å². The zero-order valence-electron chi connectivity index (χ0n) is 11.7. The van der Waals surface area contributed by atoms with Crippen LogP contribution in [0, 0.1) is 5.41 Å². The fourth-order valence-electron chi connectivity index (χ4n) is 3.30. The van der Waals surface area contributed by atoms with Crippen LogP contribution in [0.5, 0.6) is 0 Å². The van der Waals surface area contributed by atoms with Crippen LogP contribution in [0.4, 0.5) is 0 Å². The van der Waals surface area contributed by atoms with Gasteiger partial charge in [-0.1, -0.05) is 6.92 Å².